The van der Waals surface area contributed by atoms with E-state index in [9.17, 15) is 45.6 Å². The van der Waals surface area contributed by atoms with Crippen molar-refractivity contribution in [3.05, 3.63) is 12.2 Å². The summed E-state index contributed by atoms with van der Waals surface area (Å²) in [6.45, 7) is 2.86. The maximum Gasteiger partial charge on any atom is 0.220 e. The van der Waals surface area contributed by atoms with Crippen molar-refractivity contribution in [3.8, 4) is 0 Å². The molecule has 14 heteroatoms. The van der Waals surface area contributed by atoms with Crippen LogP contribution in [-0.4, -0.2) is 140 Å². The standard InChI is InChI=1S/C76H147NO13/c1-3-5-7-9-11-13-15-17-19-21-23-24-25-26-27-28-29-30-31-32-33-34-35-36-37-38-39-40-41-42-44-46-48-50-52-54-56-58-60-68(81)77-64(65(80)59-57-55-53-51-49-47-45-43-22-20-18-16-14-12-10-8-6-4-2)63-87-75-73(86)71(84)74(67(62-79)89-75)90-76-72(85)70(83)69(82)66(61-78)88-76/h57,59,64-67,69-76,78-80,82-86H,3-56,58,60-63H2,1-2H3,(H,77,81)/b59-57+. The van der Waals surface area contributed by atoms with Gasteiger partial charge in [-0.3, -0.25) is 4.79 Å². The summed E-state index contributed by atoms with van der Waals surface area (Å²) in [6.07, 6.45) is 60.2. The van der Waals surface area contributed by atoms with E-state index in [2.05, 4.69) is 19.2 Å². The largest absolute Gasteiger partial charge is 0.394 e. The summed E-state index contributed by atoms with van der Waals surface area (Å²) in [6, 6.07) is -0.911. The second-order valence-electron chi connectivity index (χ2n) is 27.9. The molecule has 2 aliphatic rings. The van der Waals surface area contributed by atoms with E-state index in [1.807, 2.05) is 6.08 Å². The summed E-state index contributed by atoms with van der Waals surface area (Å²) < 4.78 is 22.9. The second-order valence-corrected chi connectivity index (χ2v) is 27.9. The van der Waals surface area contributed by atoms with E-state index in [1.54, 1.807) is 6.08 Å². The minimum absolute atomic E-state index is 0.230. The number of aliphatic hydroxyl groups excluding tert-OH is 8. The van der Waals surface area contributed by atoms with Crippen LogP contribution < -0.4 is 5.32 Å². The van der Waals surface area contributed by atoms with Crippen LogP contribution in [0.15, 0.2) is 12.2 Å². The third kappa shape index (κ3) is 44.5. The highest BCUT2D eigenvalue weighted by Gasteiger charge is 2.51. The summed E-state index contributed by atoms with van der Waals surface area (Å²) >= 11 is 0. The van der Waals surface area contributed by atoms with Crippen molar-refractivity contribution in [1.82, 2.24) is 5.32 Å². The quantitative estimate of drug-likeness (QED) is 0.0204. The number of unbranched alkanes of at least 4 members (excludes halogenated alkanes) is 53. The lowest BCUT2D eigenvalue weighted by molar-refractivity contribution is -0.359. The van der Waals surface area contributed by atoms with E-state index in [0.29, 0.717) is 0 Å². The van der Waals surface area contributed by atoms with Crippen LogP contribution in [0.5, 0.6) is 0 Å². The average molecular weight is 1280 g/mol. The van der Waals surface area contributed by atoms with Gasteiger partial charge in [-0.15, -0.1) is 0 Å². The van der Waals surface area contributed by atoms with Crippen molar-refractivity contribution in [2.24, 2.45) is 0 Å². The fourth-order valence-electron chi connectivity index (χ4n) is 13.3. The first-order chi connectivity index (χ1) is 44.1. The molecule has 0 saturated carbocycles. The van der Waals surface area contributed by atoms with Crippen LogP contribution in [0.1, 0.15) is 373 Å². The van der Waals surface area contributed by atoms with E-state index in [4.69, 9.17) is 18.9 Å². The van der Waals surface area contributed by atoms with Crippen LogP contribution in [0.4, 0.5) is 0 Å². The number of ether oxygens (including phenoxy) is 4. The Morgan fingerprint density at radius 2 is 0.689 bits per heavy atom. The lowest BCUT2D eigenvalue weighted by atomic mass is 9.97. The molecular formula is C76H147NO13. The Balaban J connectivity index is 1.56. The number of hydrogen-bond donors (Lipinski definition) is 9. The molecule has 9 N–H and O–H groups in total. The highest BCUT2D eigenvalue weighted by Crippen LogP contribution is 2.30. The van der Waals surface area contributed by atoms with Crippen molar-refractivity contribution >= 4 is 5.91 Å². The Morgan fingerprint density at radius 1 is 0.389 bits per heavy atom. The van der Waals surface area contributed by atoms with Crippen molar-refractivity contribution < 1.29 is 64.6 Å². The molecule has 2 fully saturated rings. The van der Waals surface area contributed by atoms with E-state index in [0.717, 1.165) is 44.9 Å². The van der Waals surface area contributed by atoms with Gasteiger partial charge in [0.1, 0.15) is 48.8 Å². The van der Waals surface area contributed by atoms with Crippen LogP contribution >= 0.6 is 0 Å². The first kappa shape index (κ1) is 84.8. The van der Waals surface area contributed by atoms with Crippen LogP contribution in [0, 0.1) is 0 Å². The number of hydrogen-bond acceptors (Lipinski definition) is 13. The molecule has 0 spiro atoms. The molecule has 0 aliphatic carbocycles. The molecule has 534 valence electrons. The minimum Gasteiger partial charge on any atom is -0.394 e. The molecule has 0 aromatic heterocycles. The van der Waals surface area contributed by atoms with Crippen LogP contribution in [-0.2, 0) is 23.7 Å². The molecule has 0 radical (unpaired) electrons. The monoisotopic (exact) mass is 1280 g/mol. The molecule has 1 amide bonds. The maximum absolute atomic E-state index is 13.3. The van der Waals surface area contributed by atoms with Gasteiger partial charge in [0, 0.05) is 6.42 Å². The van der Waals surface area contributed by atoms with E-state index in [1.165, 1.54) is 308 Å². The number of nitrogens with one attached hydrogen (secondary N) is 1. The van der Waals surface area contributed by atoms with Crippen LogP contribution in [0.25, 0.3) is 0 Å². The summed E-state index contributed by atoms with van der Waals surface area (Å²) in [5, 5.41) is 87.5. The highest BCUT2D eigenvalue weighted by molar-refractivity contribution is 5.76. The number of rotatable bonds is 66. The third-order valence-corrected chi connectivity index (χ3v) is 19.5. The van der Waals surface area contributed by atoms with Gasteiger partial charge in [-0.2, -0.15) is 0 Å². The van der Waals surface area contributed by atoms with E-state index < -0.39 is 86.8 Å². The smallest absolute Gasteiger partial charge is 0.220 e. The van der Waals surface area contributed by atoms with Gasteiger partial charge in [-0.05, 0) is 19.3 Å². The van der Waals surface area contributed by atoms with Crippen molar-refractivity contribution in [3.63, 3.8) is 0 Å². The molecule has 12 atom stereocenters. The van der Waals surface area contributed by atoms with Crippen molar-refractivity contribution in [2.75, 3.05) is 19.8 Å². The zero-order chi connectivity index (χ0) is 65.2. The Morgan fingerprint density at radius 3 is 1.02 bits per heavy atom. The number of amides is 1. The Hall–Kier alpha value is -1.27. The first-order valence-corrected chi connectivity index (χ1v) is 38.9. The van der Waals surface area contributed by atoms with Gasteiger partial charge in [-0.25, -0.2) is 0 Å². The van der Waals surface area contributed by atoms with Crippen LogP contribution in [0.3, 0.4) is 0 Å². The number of carbonyl (C=O) groups excluding carboxylic acids is 1. The lowest BCUT2D eigenvalue weighted by Crippen LogP contribution is -2.65. The molecule has 2 rings (SSSR count). The van der Waals surface area contributed by atoms with E-state index >= 15 is 0 Å². The maximum atomic E-state index is 13.3. The molecular weight excluding hydrogens is 1130 g/mol. The van der Waals surface area contributed by atoms with Gasteiger partial charge < -0.3 is 65.1 Å². The summed E-state index contributed by atoms with van der Waals surface area (Å²) in [5.74, 6) is -0.230. The average Bonchev–Trinajstić information content (AvgIpc) is 3.57. The molecule has 2 saturated heterocycles. The summed E-state index contributed by atoms with van der Waals surface area (Å²) in [5.41, 5.74) is 0. The molecule has 2 aliphatic heterocycles. The summed E-state index contributed by atoms with van der Waals surface area (Å²) in [7, 11) is 0. The molecule has 90 heavy (non-hydrogen) atoms. The number of carbonyl (C=O) groups is 1. The molecule has 0 aromatic rings. The SMILES string of the molecule is CCCCCCCCCCCCCCCCCC/C=C/C(O)C(COC1OC(CO)C(OC2OC(CO)C(O)C(O)C2O)C(O)C1O)NC(=O)CCCCCCCCCCCCCCCCCCCCCCCCCCCCCCCCCCCCCCCC. The zero-order valence-corrected chi connectivity index (χ0v) is 58.4. The first-order valence-electron chi connectivity index (χ1n) is 38.9. The lowest BCUT2D eigenvalue weighted by Gasteiger charge is -2.46. The Bertz CT molecular complexity index is 1560. The van der Waals surface area contributed by atoms with Crippen molar-refractivity contribution in [2.45, 2.75) is 447 Å². The van der Waals surface area contributed by atoms with Gasteiger partial charge in [-0.1, -0.05) is 360 Å². The Kier molecular flexibility index (Phi) is 57.8. The normalized spacial score (nSPS) is 22.9. The molecule has 12 unspecified atom stereocenters. The summed E-state index contributed by atoms with van der Waals surface area (Å²) in [4.78, 5) is 13.3. The fourth-order valence-corrected chi connectivity index (χ4v) is 13.3. The number of aliphatic hydroxyl groups is 8. The van der Waals surface area contributed by atoms with Gasteiger partial charge in [0.2, 0.25) is 5.91 Å². The Labute approximate surface area is 552 Å². The predicted octanol–water partition coefficient (Wildman–Crippen LogP) is 16.9. The van der Waals surface area contributed by atoms with E-state index in [-0.39, 0.29) is 18.9 Å². The molecule has 0 aromatic carbocycles. The minimum atomic E-state index is -1.79. The van der Waals surface area contributed by atoms with Gasteiger partial charge >= 0.3 is 0 Å². The van der Waals surface area contributed by atoms with Crippen molar-refractivity contribution in [1.29, 1.82) is 0 Å². The predicted molar refractivity (Wildman–Crippen MR) is 369 cm³/mol. The topological polar surface area (TPSA) is 228 Å². The molecule has 2 heterocycles. The number of allylic oxidation sites excluding steroid dienone is 1. The van der Waals surface area contributed by atoms with Gasteiger partial charge in [0.05, 0.1) is 32.0 Å². The highest BCUT2D eigenvalue weighted by atomic mass is 16.7. The van der Waals surface area contributed by atoms with Gasteiger partial charge in [0.25, 0.3) is 0 Å². The van der Waals surface area contributed by atoms with Crippen LogP contribution in [0.2, 0.25) is 0 Å². The van der Waals surface area contributed by atoms with Gasteiger partial charge in [0.15, 0.2) is 12.6 Å². The third-order valence-electron chi connectivity index (χ3n) is 19.5. The molecule has 0 bridgehead atoms. The second kappa shape index (κ2) is 61.3. The molecule has 14 nitrogen and oxygen atoms in total. The fraction of sp³-hybridized carbons (Fsp3) is 0.961. The zero-order valence-electron chi connectivity index (χ0n) is 58.4.